The molecule has 2 aliphatic heterocycles. The van der Waals surface area contributed by atoms with Crippen LogP contribution in [0.5, 0.6) is 5.75 Å². The molecular weight excluding hydrogens is 761 g/mol. The number of hydrogen-bond acceptors (Lipinski definition) is 11. The lowest BCUT2D eigenvalue weighted by molar-refractivity contribution is -0.140. The quantitative estimate of drug-likeness (QED) is 0.104. The Morgan fingerprint density at radius 1 is 0.898 bits per heavy atom. The Kier molecular flexibility index (Phi) is 12.0. The van der Waals surface area contributed by atoms with Gasteiger partial charge in [-0.2, -0.15) is 0 Å². The van der Waals surface area contributed by atoms with E-state index in [1.54, 1.807) is 20.0 Å². The number of aromatic nitrogens is 4. The van der Waals surface area contributed by atoms with Gasteiger partial charge in [-0.3, -0.25) is 9.59 Å². The van der Waals surface area contributed by atoms with Crippen molar-refractivity contribution in [1.82, 2.24) is 40.8 Å². The number of carbonyl (C=O) groups excluding carboxylic acids is 4. The smallest absolute Gasteiger partial charge is 0.407 e. The second-order valence-electron chi connectivity index (χ2n) is 14.8. The predicted molar refractivity (Wildman–Crippen MR) is 217 cm³/mol. The SMILES string of the molecule is CC[C@H]1CC[C@@H](c2ncc(-c3ccc4c(c3)COc3cc5c(ccc6nc(CNC(=O)[C@@H](NC(=O)OC)[C@@H](C)OC)[nH]c65)cc3-4)[nH]2)N1C(=O)[C@@H](NC(=O)OC)[C@@H](C)OC. The summed E-state index contributed by atoms with van der Waals surface area (Å²) >= 11 is 0. The van der Waals surface area contributed by atoms with Crippen LogP contribution in [0.15, 0.2) is 48.7 Å². The number of rotatable bonds is 13. The molecule has 2 aliphatic rings. The molecule has 4 amide bonds. The topological polar surface area (TPSA) is 211 Å². The van der Waals surface area contributed by atoms with Crippen LogP contribution in [0.1, 0.15) is 63.3 Å². The van der Waals surface area contributed by atoms with Crippen molar-refractivity contribution in [3.05, 3.63) is 65.9 Å². The Morgan fingerprint density at radius 3 is 2.34 bits per heavy atom. The van der Waals surface area contributed by atoms with Gasteiger partial charge in [0.25, 0.3) is 0 Å². The van der Waals surface area contributed by atoms with Gasteiger partial charge in [-0.05, 0) is 79.5 Å². The van der Waals surface area contributed by atoms with E-state index in [4.69, 9.17) is 28.9 Å². The number of nitrogens with one attached hydrogen (secondary N) is 5. The number of likely N-dealkylation sites (tertiary alicyclic amines) is 1. The lowest BCUT2D eigenvalue weighted by Gasteiger charge is -2.34. The van der Waals surface area contributed by atoms with Crippen molar-refractivity contribution in [3.8, 4) is 28.1 Å². The number of alkyl carbamates (subject to hydrolysis) is 2. The molecule has 0 saturated carbocycles. The van der Waals surface area contributed by atoms with Crippen molar-refractivity contribution in [1.29, 1.82) is 0 Å². The molecule has 5 aromatic rings. The second-order valence-corrected chi connectivity index (χ2v) is 14.8. The highest BCUT2D eigenvalue weighted by Gasteiger charge is 2.43. The monoisotopic (exact) mass is 810 g/mol. The number of ether oxygens (including phenoxy) is 5. The third-order valence-corrected chi connectivity index (χ3v) is 11.4. The van der Waals surface area contributed by atoms with Gasteiger partial charge in [0.1, 0.15) is 36.1 Å². The number of H-pyrrole nitrogens is 2. The summed E-state index contributed by atoms with van der Waals surface area (Å²) in [5.74, 6) is 1.27. The molecular formula is C42H50N8O9. The first-order chi connectivity index (χ1) is 28.5. The van der Waals surface area contributed by atoms with Crippen LogP contribution in [0.4, 0.5) is 9.59 Å². The van der Waals surface area contributed by atoms with Gasteiger partial charge in [-0.25, -0.2) is 19.6 Å². The first-order valence-electron chi connectivity index (χ1n) is 19.6. The molecule has 7 rings (SSSR count). The number of fused-ring (bicyclic) bond motifs is 6. The van der Waals surface area contributed by atoms with Crippen molar-refractivity contribution in [2.75, 3.05) is 28.4 Å². The third kappa shape index (κ3) is 8.12. The Morgan fingerprint density at radius 2 is 1.63 bits per heavy atom. The summed E-state index contributed by atoms with van der Waals surface area (Å²) in [6.07, 6.45) is 1.45. The number of imidazole rings is 2. The molecule has 312 valence electrons. The molecule has 1 saturated heterocycles. The maximum Gasteiger partial charge on any atom is 0.407 e. The summed E-state index contributed by atoms with van der Waals surface area (Å²) in [5, 5.41) is 9.90. The van der Waals surface area contributed by atoms with E-state index in [1.165, 1.54) is 28.4 Å². The van der Waals surface area contributed by atoms with Crippen molar-refractivity contribution < 1.29 is 42.9 Å². The minimum absolute atomic E-state index is 0.0234. The van der Waals surface area contributed by atoms with E-state index in [2.05, 4.69) is 54.9 Å². The average molecular weight is 811 g/mol. The number of hydrogen-bond donors (Lipinski definition) is 5. The van der Waals surface area contributed by atoms with E-state index in [9.17, 15) is 19.2 Å². The Hall–Kier alpha value is -6.20. The number of benzene rings is 3. The van der Waals surface area contributed by atoms with Crippen LogP contribution in [0.2, 0.25) is 0 Å². The third-order valence-electron chi connectivity index (χ3n) is 11.4. The molecule has 1 fully saturated rings. The van der Waals surface area contributed by atoms with Gasteiger partial charge in [0.2, 0.25) is 11.8 Å². The summed E-state index contributed by atoms with van der Waals surface area (Å²) in [5.41, 5.74) is 6.31. The first kappa shape index (κ1) is 41.0. The molecule has 17 heteroatoms. The van der Waals surface area contributed by atoms with E-state index in [-0.39, 0.29) is 24.5 Å². The molecule has 0 spiro atoms. The summed E-state index contributed by atoms with van der Waals surface area (Å²) < 4.78 is 26.6. The Bertz CT molecular complexity index is 2380. The minimum Gasteiger partial charge on any atom is -0.488 e. The lowest BCUT2D eigenvalue weighted by Crippen LogP contribution is -2.55. The van der Waals surface area contributed by atoms with E-state index >= 15 is 0 Å². The van der Waals surface area contributed by atoms with Gasteiger partial charge < -0.3 is 54.5 Å². The summed E-state index contributed by atoms with van der Waals surface area (Å²) in [6.45, 7) is 5.92. The largest absolute Gasteiger partial charge is 0.488 e. The van der Waals surface area contributed by atoms with Crippen molar-refractivity contribution in [2.24, 2.45) is 0 Å². The molecule has 0 radical (unpaired) electrons. The zero-order chi connectivity index (χ0) is 42.0. The molecule has 3 aromatic carbocycles. The van der Waals surface area contributed by atoms with Gasteiger partial charge in [0.05, 0.1) is 61.9 Å². The van der Waals surface area contributed by atoms with E-state index < -0.39 is 42.4 Å². The van der Waals surface area contributed by atoms with Crippen LogP contribution in [-0.2, 0) is 41.7 Å². The highest BCUT2D eigenvalue weighted by Crippen LogP contribution is 2.43. The standard InChI is InChI=1S/C42H50N8O9/c1-8-26-11-14-32(50(26)40(52)36(22(3)56-5)49-42(54)58-7)38-43-18-31(46-38)24-9-12-27-25(15-24)20-59-33-17-28-23(16-29(27)33)10-13-30-37(28)47-34(45-30)19-44-39(51)35(21(2)55-4)48-41(53)57-6/h9-10,12-13,15-18,21-22,26,32,35-36H,8,11,14,19-20H2,1-7H3,(H,43,46)(H,44,51)(H,45,47)(H,48,53)(H,49,54)/t21-,22-,26+,32+,35+,36+/m1/s1. The first-order valence-corrected chi connectivity index (χ1v) is 19.6. The van der Waals surface area contributed by atoms with Crippen molar-refractivity contribution in [3.63, 3.8) is 0 Å². The predicted octanol–water partition coefficient (Wildman–Crippen LogP) is 5.24. The van der Waals surface area contributed by atoms with Crippen LogP contribution in [-0.4, -0.2) is 108 Å². The fourth-order valence-electron chi connectivity index (χ4n) is 8.00. The lowest BCUT2D eigenvalue weighted by atomic mass is 9.92. The molecule has 0 aliphatic carbocycles. The summed E-state index contributed by atoms with van der Waals surface area (Å²) in [4.78, 5) is 69.2. The Balaban J connectivity index is 1.10. The zero-order valence-corrected chi connectivity index (χ0v) is 34.1. The highest BCUT2D eigenvalue weighted by molar-refractivity contribution is 6.07. The van der Waals surface area contributed by atoms with E-state index in [0.29, 0.717) is 18.3 Å². The van der Waals surface area contributed by atoms with Crippen LogP contribution < -0.4 is 20.7 Å². The Labute approximate surface area is 340 Å². The molecule has 2 aromatic heterocycles. The number of carbonyl (C=O) groups is 4. The molecule has 59 heavy (non-hydrogen) atoms. The van der Waals surface area contributed by atoms with Crippen LogP contribution in [0.25, 0.3) is 44.2 Å². The fraction of sp³-hybridized carbons (Fsp3) is 0.429. The fourth-order valence-corrected chi connectivity index (χ4v) is 8.00. The van der Waals surface area contributed by atoms with Crippen molar-refractivity contribution in [2.45, 2.75) is 89.6 Å². The maximum atomic E-state index is 14.1. The highest BCUT2D eigenvalue weighted by atomic mass is 16.5. The normalized spacial score (nSPS) is 17.9. The average Bonchev–Trinajstić information content (AvgIpc) is 4.03. The van der Waals surface area contributed by atoms with Gasteiger partial charge in [-0.1, -0.05) is 25.1 Å². The molecule has 0 bridgehead atoms. The maximum absolute atomic E-state index is 14.1. The molecule has 5 N–H and O–H groups in total. The molecule has 6 atom stereocenters. The van der Waals surface area contributed by atoms with Crippen LogP contribution in [0, 0.1) is 0 Å². The summed E-state index contributed by atoms with van der Waals surface area (Å²) in [6, 6.07) is 12.1. The van der Waals surface area contributed by atoms with Crippen molar-refractivity contribution >= 4 is 45.8 Å². The van der Waals surface area contributed by atoms with E-state index in [1.807, 2.05) is 30.0 Å². The second kappa shape index (κ2) is 17.3. The van der Waals surface area contributed by atoms with Crippen LogP contribution >= 0.6 is 0 Å². The molecule has 17 nitrogen and oxygen atoms in total. The van der Waals surface area contributed by atoms with Gasteiger partial charge in [0, 0.05) is 31.2 Å². The van der Waals surface area contributed by atoms with Gasteiger partial charge in [0.15, 0.2) is 0 Å². The zero-order valence-electron chi connectivity index (χ0n) is 34.1. The number of nitrogens with zero attached hydrogens (tertiary/aromatic N) is 3. The molecule has 0 unspecified atom stereocenters. The number of methoxy groups -OCH3 is 4. The minimum atomic E-state index is -0.964. The molecule has 4 heterocycles. The van der Waals surface area contributed by atoms with Gasteiger partial charge in [-0.15, -0.1) is 0 Å². The van der Waals surface area contributed by atoms with Gasteiger partial charge >= 0.3 is 12.2 Å². The number of amides is 4. The number of aromatic amines is 2. The summed E-state index contributed by atoms with van der Waals surface area (Å²) in [7, 11) is 5.45. The van der Waals surface area contributed by atoms with Crippen LogP contribution in [0.3, 0.4) is 0 Å². The van der Waals surface area contributed by atoms with E-state index in [0.717, 1.165) is 74.8 Å².